The van der Waals surface area contributed by atoms with E-state index in [9.17, 15) is 4.79 Å². The van der Waals surface area contributed by atoms with E-state index >= 15 is 0 Å². The number of aromatic nitrogens is 2. The first-order valence-electron chi connectivity index (χ1n) is 9.01. The first-order chi connectivity index (χ1) is 11.1. The van der Waals surface area contributed by atoms with Crippen LogP contribution in [0.2, 0.25) is 0 Å². The van der Waals surface area contributed by atoms with Crippen LogP contribution in [0.25, 0.3) is 0 Å². The molecular weight excluding hydrogens is 290 g/mol. The molecule has 5 heteroatoms. The zero-order chi connectivity index (χ0) is 17.2. The number of hydrogen-bond acceptors (Lipinski definition) is 3. The van der Waals surface area contributed by atoms with Gasteiger partial charge in [-0.15, -0.1) is 0 Å². The highest BCUT2D eigenvalue weighted by Gasteiger charge is 2.21. The maximum absolute atomic E-state index is 11.1. The van der Waals surface area contributed by atoms with Gasteiger partial charge in [0.2, 0.25) is 5.91 Å². The fourth-order valence-electron chi connectivity index (χ4n) is 3.07. The SMILES string of the molecule is CC.CC(=O)N1CCc2n[nH]c(C)c2C1.OCC1CCCCC1. The van der Waals surface area contributed by atoms with Gasteiger partial charge in [-0.3, -0.25) is 9.89 Å². The number of nitrogens with one attached hydrogen (secondary N) is 1. The largest absolute Gasteiger partial charge is 0.396 e. The molecule has 2 heterocycles. The van der Waals surface area contributed by atoms with Gasteiger partial charge in [0.1, 0.15) is 0 Å². The van der Waals surface area contributed by atoms with Gasteiger partial charge in [-0.2, -0.15) is 5.10 Å². The summed E-state index contributed by atoms with van der Waals surface area (Å²) in [6.07, 6.45) is 7.46. The number of aryl methyl sites for hydroxylation is 1. The van der Waals surface area contributed by atoms with Crippen molar-refractivity contribution in [1.82, 2.24) is 15.1 Å². The predicted molar refractivity (Wildman–Crippen MR) is 93.1 cm³/mol. The number of carbonyl (C=O) groups is 1. The highest BCUT2D eigenvalue weighted by atomic mass is 16.3. The Kier molecular flexibility index (Phi) is 8.92. The Labute approximate surface area is 140 Å². The van der Waals surface area contributed by atoms with Crippen molar-refractivity contribution in [3.8, 4) is 0 Å². The number of hydrogen-bond donors (Lipinski definition) is 2. The summed E-state index contributed by atoms with van der Waals surface area (Å²) in [7, 11) is 0. The molecule has 0 saturated heterocycles. The lowest BCUT2D eigenvalue weighted by atomic mass is 9.90. The minimum absolute atomic E-state index is 0.145. The molecule has 3 rings (SSSR count). The molecule has 0 atom stereocenters. The number of rotatable bonds is 1. The maximum Gasteiger partial charge on any atom is 0.219 e. The van der Waals surface area contributed by atoms with E-state index in [0.717, 1.165) is 24.4 Å². The van der Waals surface area contributed by atoms with Gasteiger partial charge >= 0.3 is 0 Å². The second-order valence-corrected chi connectivity index (χ2v) is 6.15. The van der Waals surface area contributed by atoms with Crippen molar-refractivity contribution in [2.24, 2.45) is 5.92 Å². The van der Waals surface area contributed by atoms with E-state index in [-0.39, 0.29) is 5.91 Å². The third-order valence-electron chi connectivity index (χ3n) is 4.56. The van der Waals surface area contributed by atoms with Gasteiger partial charge in [-0.1, -0.05) is 33.1 Å². The van der Waals surface area contributed by atoms with Crippen LogP contribution in [0.3, 0.4) is 0 Å². The van der Waals surface area contributed by atoms with Gasteiger partial charge in [0.15, 0.2) is 0 Å². The molecule has 1 amide bonds. The van der Waals surface area contributed by atoms with Crippen molar-refractivity contribution in [2.45, 2.75) is 72.8 Å². The van der Waals surface area contributed by atoms with Crippen LogP contribution >= 0.6 is 0 Å². The quantitative estimate of drug-likeness (QED) is 0.834. The second-order valence-electron chi connectivity index (χ2n) is 6.15. The molecule has 132 valence electrons. The summed E-state index contributed by atoms with van der Waals surface area (Å²) in [4.78, 5) is 13.0. The number of amides is 1. The van der Waals surface area contributed by atoms with Crippen LogP contribution in [0.15, 0.2) is 0 Å². The third kappa shape index (κ3) is 5.98. The first-order valence-corrected chi connectivity index (χ1v) is 9.01. The predicted octanol–water partition coefficient (Wildman–Crippen LogP) is 3.21. The lowest BCUT2D eigenvalue weighted by Gasteiger charge is -2.25. The van der Waals surface area contributed by atoms with E-state index < -0.39 is 0 Å². The molecule has 1 saturated carbocycles. The van der Waals surface area contributed by atoms with Gasteiger partial charge in [0, 0.05) is 44.3 Å². The van der Waals surface area contributed by atoms with E-state index in [1.165, 1.54) is 37.7 Å². The van der Waals surface area contributed by atoms with Crippen LogP contribution in [0.1, 0.15) is 69.8 Å². The third-order valence-corrected chi connectivity index (χ3v) is 4.56. The molecule has 1 aliphatic heterocycles. The van der Waals surface area contributed by atoms with Crippen LogP contribution in [-0.2, 0) is 17.8 Å². The Balaban J connectivity index is 0.000000228. The van der Waals surface area contributed by atoms with Crippen molar-refractivity contribution in [1.29, 1.82) is 0 Å². The van der Waals surface area contributed by atoms with Crippen LogP contribution in [-0.4, -0.2) is 39.3 Å². The van der Waals surface area contributed by atoms with Gasteiger partial charge in [0.05, 0.1) is 5.69 Å². The van der Waals surface area contributed by atoms with Crippen LogP contribution in [0.5, 0.6) is 0 Å². The number of aromatic amines is 1. The number of aliphatic hydroxyl groups is 1. The van der Waals surface area contributed by atoms with Gasteiger partial charge in [-0.25, -0.2) is 0 Å². The van der Waals surface area contributed by atoms with Crippen LogP contribution in [0.4, 0.5) is 0 Å². The Hall–Kier alpha value is -1.36. The summed E-state index contributed by atoms with van der Waals surface area (Å²) in [6, 6.07) is 0. The summed E-state index contributed by atoms with van der Waals surface area (Å²) in [5.74, 6) is 0.787. The van der Waals surface area contributed by atoms with Crippen molar-refractivity contribution in [3.63, 3.8) is 0 Å². The minimum Gasteiger partial charge on any atom is -0.396 e. The average molecular weight is 323 g/mol. The molecule has 0 radical (unpaired) electrons. The Bertz CT molecular complexity index is 465. The fourth-order valence-corrected chi connectivity index (χ4v) is 3.07. The monoisotopic (exact) mass is 323 g/mol. The highest BCUT2D eigenvalue weighted by molar-refractivity contribution is 5.73. The highest BCUT2D eigenvalue weighted by Crippen LogP contribution is 2.22. The van der Waals surface area contributed by atoms with Crippen molar-refractivity contribution in [2.75, 3.05) is 13.2 Å². The molecule has 1 aliphatic carbocycles. The molecule has 0 aromatic carbocycles. The zero-order valence-electron chi connectivity index (χ0n) is 15.2. The first kappa shape index (κ1) is 19.7. The summed E-state index contributed by atoms with van der Waals surface area (Å²) < 4.78 is 0. The van der Waals surface area contributed by atoms with E-state index in [4.69, 9.17) is 5.11 Å². The molecule has 0 spiro atoms. The summed E-state index contributed by atoms with van der Waals surface area (Å²) in [5, 5.41) is 15.8. The lowest BCUT2D eigenvalue weighted by Crippen LogP contribution is -2.34. The lowest BCUT2D eigenvalue weighted by molar-refractivity contribution is -0.129. The summed E-state index contributed by atoms with van der Waals surface area (Å²) in [5.41, 5.74) is 3.40. The molecule has 1 aromatic rings. The van der Waals surface area contributed by atoms with Crippen molar-refractivity contribution >= 4 is 5.91 Å². The van der Waals surface area contributed by atoms with Crippen molar-refractivity contribution < 1.29 is 9.90 Å². The fraction of sp³-hybridized carbons (Fsp3) is 0.778. The molecule has 1 aromatic heterocycles. The van der Waals surface area contributed by atoms with Gasteiger partial charge in [0.25, 0.3) is 0 Å². The molecule has 5 nitrogen and oxygen atoms in total. The minimum atomic E-state index is 0.145. The second kappa shape index (κ2) is 10.4. The Morgan fingerprint density at radius 3 is 2.48 bits per heavy atom. The molecular formula is C18H33N3O2. The number of fused-ring (bicyclic) bond motifs is 1. The molecule has 0 unspecified atom stereocenters. The average Bonchev–Trinajstić information content (AvgIpc) is 2.98. The molecule has 23 heavy (non-hydrogen) atoms. The van der Waals surface area contributed by atoms with Crippen LogP contribution in [0, 0.1) is 12.8 Å². The van der Waals surface area contributed by atoms with Crippen LogP contribution < -0.4 is 0 Å². The maximum atomic E-state index is 11.1. The van der Waals surface area contributed by atoms with Crippen molar-refractivity contribution in [3.05, 3.63) is 17.0 Å². The van der Waals surface area contributed by atoms with E-state index in [1.807, 2.05) is 25.7 Å². The molecule has 2 aliphatic rings. The molecule has 2 N–H and O–H groups in total. The van der Waals surface area contributed by atoms with E-state index in [1.54, 1.807) is 6.92 Å². The standard InChI is InChI=1S/C9H13N3O.C7H14O.C2H6/c1-6-8-5-12(7(2)13)4-3-9(8)11-10-6;8-6-7-4-2-1-3-5-7;1-2/h3-5H2,1-2H3,(H,10,11);7-8H,1-6H2;1-2H3. The summed E-state index contributed by atoms with van der Waals surface area (Å²) in [6.45, 7) is 9.54. The normalized spacial score (nSPS) is 17.3. The number of carbonyl (C=O) groups excluding carboxylic acids is 1. The topological polar surface area (TPSA) is 69.2 Å². The zero-order valence-corrected chi connectivity index (χ0v) is 15.2. The van der Waals surface area contributed by atoms with Gasteiger partial charge < -0.3 is 10.0 Å². The van der Waals surface area contributed by atoms with Gasteiger partial charge in [-0.05, 0) is 25.7 Å². The number of H-pyrrole nitrogens is 1. The summed E-state index contributed by atoms with van der Waals surface area (Å²) >= 11 is 0. The molecule has 0 bridgehead atoms. The van der Waals surface area contributed by atoms with E-state index in [2.05, 4.69) is 10.2 Å². The molecule has 1 fully saturated rings. The van der Waals surface area contributed by atoms with E-state index in [0.29, 0.717) is 19.1 Å². The smallest absolute Gasteiger partial charge is 0.219 e. The Morgan fingerprint density at radius 2 is 1.96 bits per heavy atom. The Morgan fingerprint density at radius 1 is 1.30 bits per heavy atom. The number of aliphatic hydroxyl groups excluding tert-OH is 1. The number of nitrogens with zero attached hydrogens (tertiary/aromatic N) is 2.